The molecule has 3 heterocycles. The topological polar surface area (TPSA) is 161 Å². The average Bonchev–Trinajstić information content (AvgIpc) is 3.23. The molecule has 3 rings (SSSR count). The number of aldehydes is 1. The Kier molecular flexibility index (Phi) is 7.21. The van der Waals surface area contributed by atoms with Crippen LogP contribution in [0.5, 0.6) is 0 Å². The molecule has 2 N–H and O–H groups in total. The number of nitrogens with one attached hydrogen (secondary N) is 1. The van der Waals surface area contributed by atoms with Gasteiger partial charge in [0.05, 0.1) is 12.3 Å². The van der Waals surface area contributed by atoms with Crippen LogP contribution >= 0.6 is 11.8 Å². The maximum atomic E-state index is 13.0. The Morgan fingerprint density at radius 2 is 2.06 bits per heavy atom. The predicted octanol–water partition coefficient (Wildman–Crippen LogP) is -0.293. The highest BCUT2D eigenvalue weighted by Crippen LogP contribution is 2.40. The largest absolute Gasteiger partial charge is 0.477 e. The lowest BCUT2D eigenvalue weighted by Gasteiger charge is -2.49. The second-order valence-electron chi connectivity index (χ2n) is 7.05. The number of carboxylic acids is 1. The average molecular weight is 479 g/mol. The van der Waals surface area contributed by atoms with Crippen LogP contribution in [0.25, 0.3) is 0 Å². The fourth-order valence-corrected chi connectivity index (χ4v) is 4.85. The number of amides is 2. The third-order valence-electron chi connectivity index (χ3n) is 4.97. The highest BCUT2D eigenvalue weighted by Gasteiger charge is 2.55. The van der Waals surface area contributed by atoms with Crippen molar-refractivity contribution in [3.05, 3.63) is 35.3 Å². The first-order valence-corrected chi connectivity index (χ1v) is 10.9. The number of aromatic nitrogens is 1. The van der Waals surface area contributed by atoms with Crippen molar-refractivity contribution < 1.29 is 43.3 Å². The van der Waals surface area contributed by atoms with Gasteiger partial charge in [-0.1, -0.05) is 0 Å². The van der Waals surface area contributed by atoms with Gasteiger partial charge >= 0.3 is 17.9 Å². The van der Waals surface area contributed by atoms with E-state index >= 15 is 0 Å². The Labute approximate surface area is 191 Å². The SMILES string of the molecule is CCOC(=O)C(C(=O)NC1C(=O)N2C(C(=O)O)=C(COC(C)=O)CSC12)n1cccc1C=O. The van der Waals surface area contributed by atoms with Crippen molar-refractivity contribution in [2.24, 2.45) is 0 Å². The van der Waals surface area contributed by atoms with Gasteiger partial charge in [0.1, 0.15) is 23.7 Å². The Morgan fingerprint density at radius 3 is 2.67 bits per heavy atom. The number of esters is 2. The summed E-state index contributed by atoms with van der Waals surface area (Å²) in [4.78, 5) is 73.4. The van der Waals surface area contributed by atoms with Crippen LogP contribution in [0.1, 0.15) is 30.4 Å². The summed E-state index contributed by atoms with van der Waals surface area (Å²) in [5, 5.41) is 11.3. The highest BCUT2D eigenvalue weighted by atomic mass is 32.2. The molecule has 33 heavy (non-hydrogen) atoms. The number of β-lactam (4-membered cyclic amide) rings is 1. The minimum Gasteiger partial charge on any atom is -0.477 e. The zero-order valence-electron chi connectivity index (χ0n) is 17.7. The number of aliphatic carboxylic acids is 1. The number of rotatable bonds is 9. The number of thioether (sulfide) groups is 1. The van der Waals surface area contributed by atoms with Gasteiger partial charge in [-0.25, -0.2) is 9.59 Å². The number of fused-ring (bicyclic) bond motifs is 1. The molecule has 12 nitrogen and oxygen atoms in total. The van der Waals surface area contributed by atoms with E-state index in [0.29, 0.717) is 6.29 Å². The molecule has 1 saturated heterocycles. The fraction of sp³-hybridized carbons (Fsp3) is 0.400. The standard InChI is InChI=1S/C20H21N3O9S/c1-3-31-20(30)15(22-6-4-5-12(22)7-24)16(26)21-13-17(27)23-14(19(28)29)11(8-32-10(2)25)9-33-18(13)23/h4-7,13,15,18H,3,8-9H2,1-2H3,(H,21,26)(H,28,29). The van der Waals surface area contributed by atoms with Gasteiger partial charge in [-0.3, -0.25) is 24.1 Å². The van der Waals surface area contributed by atoms with Crippen molar-refractivity contribution in [2.75, 3.05) is 19.0 Å². The van der Waals surface area contributed by atoms with Gasteiger partial charge < -0.3 is 24.5 Å². The van der Waals surface area contributed by atoms with Crippen LogP contribution in [-0.4, -0.2) is 81.0 Å². The van der Waals surface area contributed by atoms with Crippen LogP contribution in [0, 0.1) is 0 Å². The van der Waals surface area contributed by atoms with Crippen LogP contribution in [0.3, 0.4) is 0 Å². The molecule has 3 atom stereocenters. The number of ether oxygens (including phenoxy) is 2. The summed E-state index contributed by atoms with van der Waals surface area (Å²) >= 11 is 1.18. The fourth-order valence-electron chi connectivity index (χ4n) is 3.53. The van der Waals surface area contributed by atoms with Crippen LogP contribution < -0.4 is 5.32 Å². The predicted molar refractivity (Wildman–Crippen MR) is 112 cm³/mol. The molecule has 2 aliphatic rings. The second kappa shape index (κ2) is 9.90. The monoisotopic (exact) mass is 479 g/mol. The van der Waals surface area contributed by atoms with Crippen LogP contribution in [0.2, 0.25) is 0 Å². The third kappa shape index (κ3) is 4.62. The zero-order chi connectivity index (χ0) is 24.3. The number of hydrogen-bond donors (Lipinski definition) is 2. The van der Waals surface area contributed by atoms with E-state index in [1.807, 2.05) is 0 Å². The molecule has 2 amide bonds. The Hall–Kier alpha value is -3.61. The molecule has 2 aliphatic heterocycles. The smallest absolute Gasteiger partial charge is 0.352 e. The van der Waals surface area contributed by atoms with Gasteiger partial charge in [0.15, 0.2) is 6.29 Å². The van der Waals surface area contributed by atoms with Gasteiger partial charge in [0.25, 0.3) is 11.8 Å². The van der Waals surface area contributed by atoms with E-state index < -0.39 is 47.2 Å². The molecular formula is C20H21N3O9S. The van der Waals surface area contributed by atoms with Crippen molar-refractivity contribution in [2.45, 2.75) is 31.3 Å². The molecule has 1 fully saturated rings. The summed E-state index contributed by atoms with van der Waals surface area (Å²) in [7, 11) is 0. The Balaban J connectivity index is 1.81. The Bertz CT molecular complexity index is 1050. The molecular weight excluding hydrogens is 458 g/mol. The first-order chi connectivity index (χ1) is 15.7. The molecule has 0 saturated carbocycles. The lowest BCUT2D eigenvalue weighted by molar-refractivity contribution is -0.155. The van der Waals surface area contributed by atoms with Crippen molar-refractivity contribution >= 4 is 47.8 Å². The van der Waals surface area contributed by atoms with Gasteiger partial charge in [-0.15, -0.1) is 11.8 Å². The molecule has 0 aliphatic carbocycles. The summed E-state index contributed by atoms with van der Waals surface area (Å²) in [5.41, 5.74) is 0.0125. The lowest BCUT2D eigenvalue weighted by Crippen LogP contribution is -2.71. The van der Waals surface area contributed by atoms with E-state index in [4.69, 9.17) is 9.47 Å². The minimum absolute atomic E-state index is 0.00715. The number of nitrogens with zero attached hydrogens (tertiary/aromatic N) is 2. The van der Waals surface area contributed by atoms with Crippen LogP contribution in [0.4, 0.5) is 0 Å². The first kappa shape index (κ1) is 24.0. The molecule has 176 valence electrons. The van der Waals surface area contributed by atoms with Crippen LogP contribution in [0.15, 0.2) is 29.6 Å². The molecule has 13 heteroatoms. The van der Waals surface area contributed by atoms with E-state index in [-0.39, 0.29) is 35.9 Å². The second-order valence-corrected chi connectivity index (χ2v) is 8.15. The van der Waals surface area contributed by atoms with Crippen molar-refractivity contribution in [1.82, 2.24) is 14.8 Å². The van der Waals surface area contributed by atoms with Crippen LogP contribution in [-0.2, 0) is 33.4 Å². The van der Waals surface area contributed by atoms with E-state index in [9.17, 15) is 33.9 Å². The molecule has 0 aromatic carbocycles. The van der Waals surface area contributed by atoms with E-state index in [1.165, 1.54) is 37.0 Å². The van der Waals surface area contributed by atoms with Gasteiger partial charge in [0.2, 0.25) is 6.04 Å². The van der Waals surface area contributed by atoms with Crippen molar-refractivity contribution in [3.8, 4) is 0 Å². The first-order valence-electron chi connectivity index (χ1n) is 9.83. The van der Waals surface area contributed by atoms with Crippen molar-refractivity contribution in [3.63, 3.8) is 0 Å². The molecule has 0 bridgehead atoms. The molecule has 1 aromatic heterocycles. The molecule has 3 unspecified atom stereocenters. The summed E-state index contributed by atoms with van der Waals surface area (Å²) in [6.07, 6.45) is 1.84. The number of carbonyl (C=O) groups excluding carboxylic acids is 5. The third-order valence-corrected chi connectivity index (χ3v) is 6.31. The van der Waals surface area contributed by atoms with E-state index in [2.05, 4.69) is 5.32 Å². The summed E-state index contributed by atoms with van der Waals surface area (Å²) in [5.74, 6) is -4.28. The number of carboxylic acid groups (broad SMARTS) is 1. The zero-order valence-corrected chi connectivity index (χ0v) is 18.5. The molecule has 0 spiro atoms. The normalized spacial score (nSPS) is 20.3. The Morgan fingerprint density at radius 1 is 1.33 bits per heavy atom. The maximum absolute atomic E-state index is 13.0. The van der Waals surface area contributed by atoms with Gasteiger partial charge in [-0.2, -0.15) is 0 Å². The van der Waals surface area contributed by atoms with Gasteiger partial charge in [-0.05, 0) is 19.1 Å². The summed E-state index contributed by atoms with van der Waals surface area (Å²) < 4.78 is 11.0. The lowest BCUT2D eigenvalue weighted by atomic mass is 10.0. The maximum Gasteiger partial charge on any atom is 0.352 e. The summed E-state index contributed by atoms with van der Waals surface area (Å²) in [6, 6.07) is 0.239. The highest BCUT2D eigenvalue weighted by molar-refractivity contribution is 8.00. The number of carbonyl (C=O) groups is 6. The summed E-state index contributed by atoms with van der Waals surface area (Å²) in [6.45, 7) is 2.46. The molecule has 1 aromatic rings. The van der Waals surface area contributed by atoms with Crippen molar-refractivity contribution in [1.29, 1.82) is 0 Å². The van der Waals surface area contributed by atoms with E-state index in [0.717, 1.165) is 9.47 Å². The quantitative estimate of drug-likeness (QED) is 0.208. The number of hydrogen-bond acceptors (Lipinski definition) is 9. The van der Waals surface area contributed by atoms with Gasteiger partial charge in [0, 0.05) is 24.4 Å². The minimum atomic E-state index is -1.55. The molecule has 0 radical (unpaired) electrons. The van der Waals surface area contributed by atoms with E-state index in [1.54, 1.807) is 6.92 Å².